The summed E-state index contributed by atoms with van der Waals surface area (Å²) in [5, 5.41) is 10.1. The molecule has 0 spiro atoms. The second-order valence-electron chi connectivity index (χ2n) is 6.41. The molecule has 3 aromatic rings. The van der Waals surface area contributed by atoms with Crippen molar-refractivity contribution in [1.29, 1.82) is 0 Å². The van der Waals surface area contributed by atoms with E-state index in [2.05, 4.69) is 16.9 Å². The molecule has 0 unspecified atom stereocenters. The number of aryl methyl sites for hydroxylation is 1. The van der Waals surface area contributed by atoms with Crippen molar-refractivity contribution < 1.29 is 5.11 Å². The number of aromatic amines is 1. The van der Waals surface area contributed by atoms with Gasteiger partial charge in [-0.1, -0.05) is 25.1 Å². The number of rotatable bonds is 2. The van der Waals surface area contributed by atoms with Gasteiger partial charge in [0.15, 0.2) is 0 Å². The third-order valence-corrected chi connectivity index (χ3v) is 5.66. The van der Waals surface area contributed by atoms with Gasteiger partial charge < -0.3 is 10.1 Å². The van der Waals surface area contributed by atoms with Crippen molar-refractivity contribution in [2.75, 3.05) is 0 Å². The smallest absolute Gasteiger partial charge is 0.260 e. The molecule has 122 valence electrons. The molecular weight excluding hydrogens is 320 g/mol. The number of fused-ring (bicyclic) bond motifs is 3. The number of phenolic OH excluding ortho intramolecular Hbond substituents is 1. The van der Waals surface area contributed by atoms with Crippen LogP contribution in [0.5, 0.6) is 5.75 Å². The fraction of sp³-hybridized carbons (Fsp3) is 0.263. The number of thiophene rings is 1. The Morgan fingerprint density at radius 2 is 2.08 bits per heavy atom. The van der Waals surface area contributed by atoms with Crippen molar-refractivity contribution in [3.63, 3.8) is 0 Å². The van der Waals surface area contributed by atoms with Crippen molar-refractivity contribution in [2.24, 2.45) is 5.92 Å². The predicted molar refractivity (Wildman–Crippen MR) is 98.5 cm³/mol. The molecule has 0 fully saturated rings. The van der Waals surface area contributed by atoms with Crippen LogP contribution in [0.15, 0.2) is 29.1 Å². The largest absolute Gasteiger partial charge is 0.508 e. The first-order chi connectivity index (χ1) is 11.6. The zero-order valence-corrected chi connectivity index (χ0v) is 14.2. The van der Waals surface area contributed by atoms with Crippen molar-refractivity contribution >= 4 is 33.7 Å². The van der Waals surface area contributed by atoms with Crippen molar-refractivity contribution in [3.8, 4) is 5.75 Å². The number of nitrogens with one attached hydrogen (secondary N) is 1. The summed E-state index contributed by atoms with van der Waals surface area (Å²) in [6, 6.07) is 6.89. The van der Waals surface area contributed by atoms with Crippen LogP contribution in [0.1, 0.15) is 35.2 Å². The molecule has 1 aromatic carbocycles. The van der Waals surface area contributed by atoms with E-state index < -0.39 is 0 Å². The Labute approximate surface area is 143 Å². The summed E-state index contributed by atoms with van der Waals surface area (Å²) in [4.78, 5) is 22.2. The highest BCUT2D eigenvalue weighted by molar-refractivity contribution is 7.18. The molecule has 1 aliphatic rings. The first-order valence-electron chi connectivity index (χ1n) is 8.12. The number of hydrogen-bond acceptors (Lipinski definition) is 4. The van der Waals surface area contributed by atoms with Crippen molar-refractivity contribution in [1.82, 2.24) is 9.97 Å². The van der Waals surface area contributed by atoms with Crippen LogP contribution >= 0.6 is 11.3 Å². The molecule has 4 nitrogen and oxygen atoms in total. The molecule has 0 radical (unpaired) electrons. The Morgan fingerprint density at radius 3 is 2.88 bits per heavy atom. The average Bonchev–Trinajstić information content (AvgIpc) is 2.92. The zero-order chi connectivity index (χ0) is 16.7. The highest BCUT2D eigenvalue weighted by Crippen LogP contribution is 2.35. The highest BCUT2D eigenvalue weighted by Gasteiger charge is 2.22. The SMILES string of the molecule is C[C@H]1CCc2c(sc3nc(/C=C/c4ccc(O)cc4)[nH]c(=O)c23)C1. The van der Waals surface area contributed by atoms with Crippen LogP contribution in [0, 0.1) is 5.92 Å². The Hall–Kier alpha value is -2.40. The molecule has 0 bridgehead atoms. The molecule has 5 heteroatoms. The van der Waals surface area contributed by atoms with E-state index in [1.54, 1.807) is 29.5 Å². The third kappa shape index (κ3) is 2.76. The van der Waals surface area contributed by atoms with Gasteiger partial charge in [0.05, 0.1) is 5.39 Å². The standard InChI is InChI=1S/C19H18N2O2S/c1-11-2-8-14-15(10-11)24-19-17(14)18(23)20-16(21-19)9-5-12-3-6-13(22)7-4-12/h3-7,9,11,22H,2,8,10H2,1H3,(H,20,21,23)/b9-5+/t11-/m0/s1. The molecule has 0 saturated carbocycles. The lowest BCUT2D eigenvalue weighted by Crippen LogP contribution is -2.13. The van der Waals surface area contributed by atoms with Crippen LogP contribution < -0.4 is 5.56 Å². The lowest BCUT2D eigenvalue weighted by Gasteiger charge is -2.17. The Morgan fingerprint density at radius 1 is 1.29 bits per heavy atom. The average molecular weight is 338 g/mol. The first-order valence-corrected chi connectivity index (χ1v) is 8.93. The van der Waals surface area contributed by atoms with E-state index in [1.807, 2.05) is 18.2 Å². The molecule has 0 amide bonds. The van der Waals surface area contributed by atoms with Crippen LogP contribution in [0.4, 0.5) is 0 Å². The molecular formula is C19H18N2O2S. The predicted octanol–water partition coefficient (Wildman–Crippen LogP) is 3.99. The van der Waals surface area contributed by atoms with Gasteiger partial charge in [0.25, 0.3) is 5.56 Å². The van der Waals surface area contributed by atoms with Gasteiger partial charge in [0.2, 0.25) is 0 Å². The number of hydrogen-bond donors (Lipinski definition) is 2. The van der Waals surface area contributed by atoms with E-state index in [4.69, 9.17) is 0 Å². The second kappa shape index (κ2) is 5.91. The summed E-state index contributed by atoms with van der Waals surface area (Å²) in [7, 11) is 0. The first kappa shape index (κ1) is 15.1. The van der Waals surface area contributed by atoms with Crippen LogP contribution in [0.3, 0.4) is 0 Å². The van der Waals surface area contributed by atoms with Crippen molar-refractivity contribution in [3.05, 3.63) is 56.4 Å². The van der Waals surface area contributed by atoms with Crippen LogP contribution in [-0.4, -0.2) is 15.1 Å². The van der Waals surface area contributed by atoms with Gasteiger partial charge in [-0.2, -0.15) is 0 Å². The number of aromatic nitrogens is 2. The molecule has 1 atom stereocenters. The molecule has 0 aliphatic heterocycles. The lowest BCUT2D eigenvalue weighted by molar-refractivity contribution is 0.475. The number of nitrogens with zero attached hydrogens (tertiary/aromatic N) is 1. The summed E-state index contributed by atoms with van der Waals surface area (Å²) in [6.45, 7) is 2.26. The van der Waals surface area contributed by atoms with E-state index in [0.29, 0.717) is 11.7 Å². The Bertz CT molecular complexity index is 983. The van der Waals surface area contributed by atoms with E-state index in [9.17, 15) is 9.90 Å². The summed E-state index contributed by atoms with van der Waals surface area (Å²) in [5.41, 5.74) is 2.10. The maximum atomic E-state index is 12.5. The molecule has 1 aliphatic carbocycles. The second-order valence-corrected chi connectivity index (χ2v) is 7.49. The number of H-pyrrole nitrogens is 1. The highest BCUT2D eigenvalue weighted by atomic mass is 32.1. The van der Waals surface area contributed by atoms with Crippen molar-refractivity contribution in [2.45, 2.75) is 26.2 Å². The minimum absolute atomic E-state index is 0.0441. The number of benzene rings is 1. The normalized spacial score (nSPS) is 17.5. The molecule has 0 saturated heterocycles. The minimum atomic E-state index is -0.0441. The molecule has 2 heterocycles. The van der Waals surface area contributed by atoms with E-state index in [1.165, 1.54) is 10.4 Å². The lowest BCUT2D eigenvalue weighted by atomic mass is 9.89. The topological polar surface area (TPSA) is 66.0 Å². The Balaban J connectivity index is 1.73. The molecule has 2 N–H and O–H groups in total. The summed E-state index contributed by atoms with van der Waals surface area (Å²) >= 11 is 1.66. The van der Waals surface area contributed by atoms with Crippen LogP contribution in [-0.2, 0) is 12.8 Å². The monoisotopic (exact) mass is 338 g/mol. The molecule has 24 heavy (non-hydrogen) atoms. The van der Waals surface area contributed by atoms with Gasteiger partial charge in [-0.15, -0.1) is 11.3 Å². The maximum absolute atomic E-state index is 12.5. The fourth-order valence-corrected chi connectivity index (χ4v) is 4.60. The number of phenols is 1. The maximum Gasteiger partial charge on any atom is 0.260 e. The summed E-state index contributed by atoms with van der Waals surface area (Å²) in [6.07, 6.45) is 6.84. The third-order valence-electron chi connectivity index (χ3n) is 4.51. The Kier molecular flexibility index (Phi) is 3.73. The fourth-order valence-electron chi connectivity index (χ4n) is 3.20. The van der Waals surface area contributed by atoms with Gasteiger partial charge in [-0.05, 0) is 54.5 Å². The van der Waals surface area contributed by atoms with Gasteiger partial charge in [0, 0.05) is 4.88 Å². The summed E-state index contributed by atoms with van der Waals surface area (Å²) < 4.78 is 0. The van der Waals surface area contributed by atoms with Crippen LogP contribution in [0.25, 0.3) is 22.4 Å². The number of aromatic hydroxyl groups is 1. The van der Waals surface area contributed by atoms with Gasteiger partial charge >= 0.3 is 0 Å². The van der Waals surface area contributed by atoms with Gasteiger partial charge in [-0.3, -0.25) is 4.79 Å². The quantitative estimate of drug-likeness (QED) is 0.742. The van der Waals surface area contributed by atoms with Gasteiger partial charge in [-0.25, -0.2) is 4.98 Å². The zero-order valence-electron chi connectivity index (χ0n) is 13.4. The minimum Gasteiger partial charge on any atom is -0.508 e. The van der Waals surface area contributed by atoms with Gasteiger partial charge in [0.1, 0.15) is 16.4 Å². The van der Waals surface area contributed by atoms with E-state index >= 15 is 0 Å². The van der Waals surface area contributed by atoms with E-state index in [-0.39, 0.29) is 11.3 Å². The van der Waals surface area contributed by atoms with E-state index in [0.717, 1.165) is 35.0 Å². The molecule has 4 rings (SSSR count). The molecule has 2 aromatic heterocycles. The summed E-state index contributed by atoms with van der Waals surface area (Å²) in [5.74, 6) is 1.48. The van der Waals surface area contributed by atoms with Crippen LogP contribution in [0.2, 0.25) is 0 Å².